The largest absolute Gasteiger partial charge is 0.383 e. The van der Waals surface area contributed by atoms with Crippen molar-refractivity contribution in [2.75, 3.05) is 33.4 Å². The zero-order valence-electron chi connectivity index (χ0n) is 24.0. The highest BCUT2D eigenvalue weighted by atomic mass is 19.1. The first-order valence-electron chi connectivity index (χ1n) is 13.9. The molecule has 4 rings (SSSR count). The van der Waals surface area contributed by atoms with Gasteiger partial charge in [-0.3, -0.25) is 9.69 Å². The molecule has 1 aromatic carbocycles. The summed E-state index contributed by atoms with van der Waals surface area (Å²) in [5.41, 5.74) is 3.94. The minimum atomic E-state index is -0.445. The van der Waals surface area contributed by atoms with E-state index in [-0.39, 0.29) is 11.9 Å². The molecule has 0 saturated carbocycles. The van der Waals surface area contributed by atoms with E-state index < -0.39 is 5.82 Å². The Hall–Kier alpha value is -3.10. The molecule has 39 heavy (non-hydrogen) atoms. The molecule has 0 radical (unpaired) electrons. The molecule has 1 atom stereocenters. The van der Waals surface area contributed by atoms with E-state index in [2.05, 4.69) is 40.4 Å². The Morgan fingerprint density at radius 3 is 2.59 bits per heavy atom. The minimum absolute atomic E-state index is 0.0681. The summed E-state index contributed by atoms with van der Waals surface area (Å²) >= 11 is 0. The highest BCUT2D eigenvalue weighted by Crippen LogP contribution is 2.37. The number of fused-ring (bicyclic) bond motifs is 1. The number of methoxy groups -OCH3 is 1. The second kappa shape index (κ2) is 12.4. The van der Waals surface area contributed by atoms with Crippen LogP contribution in [-0.4, -0.2) is 76.8 Å². The molecule has 1 aliphatic rings. The summed E-state index contributed by atoms with van der Waals surface area (Å²) in [6.45, 7) is 12.9. The lowest BCUT2D eigenvalue weighted by atomic mass is 9.85. The Bertz CT molecular complexity index is 1310. The lowest BCUT2D eigenvalue weighted by Crippen LogP contribution is -2.52. The number of carbonyl (C=O) groups is 2. The van der Waals surface area contributed by atoms with Crippen LogP contribution in [0.15, 0.2) is 36.7 Å². The van der Waals surface area contributed by atoms with Gasteiger partial charge in [-0.15, -0.1) is 0 Å². The summed E-state index contributed by atoms with van der Waals surface area (Å²) in [6.07, 6.45) is 6.41. The van der Waals surface area contributed by atoms with E-state index in [9.17, 15) is 14.0 Å². The van der Waals surface area contributed by atoms with Gasteiger partial charge in [-0.25, -0.2) is 9.37 Å². The SMILES string of the molecule is COCCN(C(=O)c1cc(F)ccc1-c1cc(C2CN(C(CCC=O)C(C)C)C2)cn2c(C)ncc12)C(C)C. The number of rotatable bonds is 12. The fourth-order valence-electron chi connectivity index (χ4n) is 5.72. The summed E-state index contributed by atoms with van der Waals surface area (Å²) in [5.74, 6) is 0.977. The first kappa shape index (κ1) is 28.9. The number of pyridine rings is 1. The molecule has 1 aliphatic heterocycles. The van der Waals surface area contributed by atoms with Gasteiger partial charge in [-0.1, -0.05) is 19.9 Å². The van der Waals surface area contributed by atoms with Crippen molar-refractivity contribution in [2.45, 2.75) is 65.5 Å². The van der Waals surface area contributed by atoms with Gasteiger partial charge in [-0.05, 0) is 62.4 Å². The maximum atomic E-state index is 14.6. The number of aldehydes is 1. The van der Waals surface area contributed by atoms with Gasteiger partial charge in [0, 0.05) is 62.9 Å². The van der Waals surface area contributed by atoms with Gasteiger partial charge in [0.05, 0.1) is 23.9 Å². The lowest BCUT2D eigenvalue weighted by Gasteiger charge is -2.46. The topological polar surface area (TPSA) is 67.2 Å². The molecule has 7 nitrogen and oxygen atoms in total. The predicted molar refractivity (Wildman–Crippen MR) is 152 cm³/mol. The van der Waals surface area contributed by atoms with Crippen LogP contribution in [0.5, 0.6) is 0 Å². The maximum Gasteiger partial charge on any atom is 0.254 e. The minimum Gasteiger partial charge on any atom is -0.383 e. The summed E-state index contributed by atoms with van der Waals surface area (Å²) in [4.78, 5) is 33.5. The number of nitrogens with zero attached hydrogens (tertiary/aromatic N) is 4. The van der Waals surface area contributed by atoms with Gasteiger partial charge in [0.25, 0.3) is 5.91 Å². The van der Waals surface area contributed by atoms with Crippen LogP contribution in [0.25, 0.3) is 16.6 Å². The van der Waals surface area contributed by atoms with Gasteiger partial charge in [-0.2, -0.15) is 0 Å². The number of likely N-dealkylation sites (tertiary alicyclic amines) is 1. The third kappa shape index (κ3) is 6.07. The summed E-state index contributed by atoms with van der Waals surface area (Å²) in [6, 6.07) is 6.92. The average Bonchev–Trinajstić information content (AvgIpc) is 3.25. The normalized spacial score (nSPS) is 15.2. The standard InChI is InChI=1S/C31H41FN4O3/c1-20(2)29(8-7-12-37)34-17-24(18-34)23-14-27(30-16-33-22(5)36(30)19-23)26-10-9-25(32)15-28(26)31(38)35(21(3)4)11-13-39-6/h9-10,12,14-16,19-21,24,29H,7-8,11,13,17-18H2,1-6H3. The first-order valence-corrected chi connectivity index (χ1v) is 13.9. The van der Waals surface area contributed by atoms with Crippen molar-refractivity contribution in [3.8, 4) is 11.1 Å². The molecule has 3 aromatic rings. The molecule has 1 unspecified atom stereocenters. The lowest BCUT2D eigenvalue weighted by molar-refractivity contribution is -0.108. The number of ether oxygens (including phenoxy) is 1. The number of benzene rings is 1. The Labute approximate surface area is 231 Å². The third-order valence-electron chi connectivity index (χ3n) is 7.97. The molecule has 0 aliphatic carbocycles. The monoisotopic (exact) mass is 536 g/mol. The smallest absolute Gasteiger partial charge is 0.254 e. The molecule has 8 heteroatoms. The predicted octanol–water partition coefficient (Wildman–Crippen LogP) is 5.35. The van der Waals surface area contributed by atoms with E-state index in [1.807, 2.05) is 27.0 Å². The highest BCUT2D eigenvalue weighted by Gasteiger charge is 2.35. The number of hydrogen-bond acceptors (Lipinski definition) is 5. The molecule has 1 saturated heterocycles. The van der Waals surface area contributed by atoms with Crippen molar-refractivity contribution < 1.29 is 18.7 Å². The summed E-state index contributed by atoms with van der Waals surface area (Å²) in [7, 11) is 1.61. The van der Waals surface area contributed by atoms with Crippen molar-refractivity contribution in [1.29, 1.82) is 0 Å². The van der Waals surface area contributed by atoms with E-state index >= 15 is 0 Å². The molecule has 3 heterocycles. The van der Waals surface area contributed by atoms with E-state index in [0.29, 0.717) is 48.6 Å². The Morgan fingerprint density at radius 1 is 1.21 bits per heavy atom. The van der Waals surface area contributed by atoms with E-state index in [0.717, 1.165) is 48.3 Å². The highest BCUT2D eigenvalue weighted by molar-refractivity contribution is 6.03. The number of aromatic nitrogens is 2. The van der Waals surface area contributed by atoms with Crippen LogP contribution >= 0.6 is 0 Å². The Balaban J connectivity index is 1.74. The van der Waals surface area contributed by atoms with Gasteiger partial charge in [0.1, 0.15) is 17.9 Å². The van der Waals surface area contributed by atoms with Gasteiger partial charge < -0.3 is 18.8 Å². The van der Waals surface area contributed by atoms with Crippen LogP contribution in [0, 0.1) is 18.7 Å². The zero-order chi connectivity index (χ0) is 28.3. The molecular weight excluding hydrogens is 495 g/mol. The third-order valence-corrected chi connectivity index (χ3v) is 7.97. The molecular formula is C31H41FN4O3. The van der Waals surface area contributed by atoms with Crippen LogP contribution in [0.2, 0.25) is 0 Å². The fraction of sp³-hybridized carbons (Fsp3) is 0.516. The van der Waals surface area contributed by atoms with Crippen molar-refractivity contribution >= 4 is 17.7 Å². The average molecular weight is 537 g/mol. The summed E-state index contributed by atoms with van der Waals surface area (Å²) in [5, 5.41) is 0. The van der Waals surface area contributed by atoms with E-state index in [1.165, 1.54) is 12.1 Å². The van der Waals surface area contributed by atoms with Crippen LogP contribution < -0.4 is 0 Å². The van der Waals surface area contributed by atoms with Crippen molar-refractivity contribution in [2.24, 2.45) is 5.92 Å². The molecule has 0 bridgehead atoms. The second-order valence-corrected chi connectivity index (χ2v) is 11.2. The Kier molecular flexibility index (Phi) is 9.18. The van der Waals surface area contributed by atoms with Gasteiger partial charge in [0.15, 0.2) is 0 Å². The summed E-state index contributed by atoms with van der Waals surface area (Å²) < 4.78 is 21.9. The van der Waals surface area contributed by atoms with E-state index in [1.54, 1.807) is 18.1 Å². The van der Waals surface area contributed by atoms with Crippen molar-refractivity contribution in [3.05, 3.63) is 59.4 Å². The van der Waals surface area contributed by atoms with E-state index in [4.69, 9.17) is 4.74 Å². The maximum absolute atomic E-state index is 14.6. The van der Waals surface area contributed by atoms with Crippen LogP contribution in [0.4, 0.5) is 4.39 Å². The van der Waals surface area contributed by atoms with Crippen LogP contribution in [-0.2, 0) is 9.53 Å². The molecule has 0 spiro atoms. The second-order valence-electron chi connectivity index (χ2n) is 11.2. The first-order chi connectivity index (χ1) is 18.7. The molecule has 0 N–H and O–H groups in total. The number of halogens is 1. The van der Waals surface area contributed by atoms with Crippen LogP contribution in [0.3, 0.4) is 0 Å². The molecule has 2 aromatic heterocycles. The van der Waals surface area contributed by atoms with Gasteiger partial charge >= 0.3 is 0 Å². The quantitative estimate of drug-likeness (QED) is 0.292. The van der Waals surface area contributed by atoms with Crippen molar-refractivity contribution in [3.63, 3.8) is 0 Å². The number of amides is 1. The number of aryl methyl sites for hydroxylation is 1. The zero-order valence-corrected chi connectivity index (χ0v) is 24.0. The van der Waals surface area contributed by atoms with Gasteiger partial charge in [0.2, 0.25) is 0 Å². The van der Waals surface area contributed by atoms with Crippen molar-refractivity contribution in [1.82, 2.24) is 19.2 Å². The number of hydrogen-bond donors (Lipinski definition) is 0. The number of imidazole rings is 1. The Morgan fingerprint density at radius 2 is 1.95 bits per heavy atom. The number of carbonyl (C=O) groups excluding carboxylic acids is 2. The molecule has 210 valence electrons. The fourth-order valence-corrected chi connectivity index (χ4v) is 5.72. The van der Waals surface area contributed by atoms with Crippen LogP contribution in [0.1, 0.15) is 68.2 Å². The molecule has 1 amide bonds. The molecule has 1 fully saturated rings.